The van der Waals surface area contributed by atoms with Crippen LogP contribution in [0.15, 0.2) is 4.79 Å². The normalized spacial score (nSPS) is 16.5. The van der Waals surface area contributed by atoms with E-state index in [0.717, 1.165) is 18.5 Å². The fourth-order valence-corrected chi connectivity index (χ4v) is 2.89. The van der Waals surface area contributed by atoms with Gasteiger partial charge in [-0.2, -0.15) is 5.10 Å². The summed E-state index contributed by atoms with van der Waals surface area (Å²) < 4.78 is 1.90. The molecule has 6 nitrogen and oxygen atoms in total. The highest BCUT2D eigenvalue weighted by atomic mass is 16.3. The Morgan fingerprint density at radius 2 is 2.16 bits per heavy atom. The van der Waals surface area contributed by atoms with Crippen LogP contribution in [0.3, 0.4) is 0 Å². The molecule has 6 heteroatoms. The average molecular weight is 262 g/mol. The number of nitrogens with zero attached hydrogens (tertiary/aromatic N) is 3. The minimum Gasteiger partial charge on any atom is -0.388 e. The Morgan fingerprint density at radius 1 is 1.42 bits per heavy atom. The van der Waals surface area contributed by atoms with Gasteiger partial charge in [0.05, 0.1) is 11.7 Å². The van der Waals surface area contributed by atoms with Gasteiger partial charge >= 0.3 is 0 Å². The quantitative estimate of drug-likeness (QED) is 0.873. The molecule has 2 aromatic rings. The topological polar surface area (TPSA) is 83.8 Å². The van der Waals surface area contributed by atoms with Crippen LogP contribution in [0, 0.1) is 0 Å². The maximum absolute atomic E-state index is 12.1. The number of aromatic nitrogens is 4. The van der Waals surface area contributed by atoms with E-state index < -0.39 is 0 Å². The van der Waals surface area contributed by atoms with Crippen LogP contribution >= 0.6 is 0 Å². The summed E-state index contributed by atoms with van der Waals surface area (Å²) in [5, 5.41) is 14.3. The van der Waals surface area contributed by atoms with E-state index in [9.17, 15) is 9.90 Å². The van der Waals surface area contributed by atoms with E-state index in [-0.39, 0.29) is 12.2 Å². The van der Waals surface area contributed by atoms with Gasteiger partial charge in [-0.3, -0.25) is 4.79 Å². The predicted octanol–water partition coefficient (Wildman–Crippen LogP) is 1.29. The molecule has 2 N–H and O–H groups in total. The van der Waals surface area contributed by atoms with Crippen LogP contribution < -0.4 is 5.56 Å². The summed E-state index contributed by atoms with van der Waals surface area (Å²) in [6.07, 6.45) is 5.28. The van der Waals surface area contributed by atoms with E-state index in [1.54, 1.807) is 0 Å². The molecule has 0 saturated heterocycles. The number of nitrogens with one attached hydrogen (secondary N) is 1. The number of aliphatic hydroxyl groups excluding tert-OH is 1. The smallest absolute Gasteiger partial charge is 0.262 e. The van der Waals surface area contributed by atoms with Gasteiger partial charge in [-0.1, -0.05) is 19.8 Å². The number of aryl methyl sites for hydroxylation is 1. The SMILES string of the molecule is CCc1nn(C2CCCC2)c2nc(CO)[nH]c(=O)c12. The summed E-state index contributed by atoms with van der Waals surface area (Å²) in [6.45, 7) is 1.72. The zero-order chi connectivity index (χ0) is 13.4. The summed E-state index contributed by atoms with van der Waals surface area (Å²) in [7, 11) is 0. The number of H-pyrrole nitrogens is 1. The molecule has 1 aliphatic carbocycles. The number of hydrogen-bond donors (Lipinski definition) is 2. The highest BCUT2D eigenvalue weighted by Gasteiger charge is 2.23. The highest BCUT2D eigenvalue weighted by molar-refractivity contribution is 5.77. The lowest BCUT2D eigenvalue weighted by molar-refractivity contribution is 0.271. The molecule has 3 rings (SSSR count). The summed E-state index contributed by atoms with van der Waals surface area (Å²) in [6, 6.07) is 0.337. The molecule has 1 fully saturated rings. The first kappa shape index (κ1) is 12.3. The number of rotatable bonds is 3. The fourth-order valence-electron chi connectivity index (χ4n) is 2.89. The Hall–Kier alpha value is -1.69. The van der Waals surface area contributed by atoms with Gasteiger partial charge < -0.3 is 10.1 Å². The Labute approximate surface area is 110 Å². The van der Waals surface area contributed by atoms with Gasteiger partial charge in [0.1, 0.15) is 17.8 Å². The monoisotopic (exact) mass is 262 g/mol. The maximum Gasteiger partial charge on any atom is 0.262 e. The molecule has 1 saturated carbocycles. The summed E-state index contributed by atoms with van der Waals surface area (Å²) in [5.74, 6) is 0.305. The van der Waals surface area contributed by atoms with E-state index >= 15 is 0 Å². The van der Waals surface area contributed by atoms with Crippen molar-refractivity contribution in [3.63, 3.8) is 0 Å². The third-order valence-electron chi connectivity index (χ3n) is 3.84. The van der Waals surface area contributed by atoms with E-state index in [4.69, 9.17) is 0 Å². The molecule has 0 unspecified atom stereocenters. The Morgan fingerprint density at radius 3 is 2.79 bits per heavy atom. The Kier molecular flexibility index (Phi) is 3.10. The first-order valence-electron chi connectivity index (χ1n) is 6.85. The molecule has 1 aliphatic rings. The first-order valence-corrected chi connectivity index (χ1v) is 6.85. The van der Waals surface area contributed by atoms with Crippen molar-refractivity contribution >= 4 is 11.0 Å². The fraction of sp³-hybridized carbons (Fsp3) is 0.615. The van der Waals surface area contributed by atoms with Crippen LogP contribution in [-0.4, -0.2) is 24.9 Å². The van der Waals surface area contributed by atoms with Crippen molar-refractivity contribution in [3.8, 4) is 0 Å². The Balaban J connectivity index is 2.26. The second-order valence-electron chi connectivity index (χ2n) is 5.05. The van der Waals surface area contributed by atoms with E-state index in [2.05, 4.69) is 15.1 Å². The molecule has 0 atom stereocenters. The van der Waals surface area contributed by atoms with E-state index in [0.29, 0.717) is 29.3 Å². The van der Waals surface area contributed by atoms with Crippen molar-refractivity contribution in [1.29, 1.82) is 0 Å². The van der Waals surface area contributed by atoms with Gasteiger partial charge in [0.15, 0.2) is 5.65 Å². The Bertz CT molecular complexity index is 652. The maximum atomic E-state index is 12.1. The molecule has 102 valence electrons. The molecule has 2 aromatic heterocycles. The van der Waals surface area contributed by atoms with Crippen LogP contribution in [0.5, 0.6) is 0 Å². The van der Waals surface area contributed by atoms with Crippen molar-refractivity contribution < 1.29 is 5.11 Å². The third kappa shape index (κ3) is 1.96. The largest absolute Gasteiger partial charge is 0.388 e. The molecule has 0 aliphatic heterocycles. The predicted molar refractivity (Wildman–Crippen MR) is 71.0 cm³/mol. The van der Waals surface area contributed by atoms with Gasteiger partial charge in [0.2, 0.25) is 0 Å². The minimum atomic E-state index is -0.261. The van der Waals surface area contributed by atoms with Gasteiger partial charge in [-0.15, -0.1) is 0 Å². The zero-order valence-electron chi connectivity index (χ0n) is 11.0. The molecule has 0 aromatic carbocycles. The molecule has 2 heterocycles. The van der Waals surface area contributed by atoms with E-state index in [1.165, 1.54) is 12.8 Å². The third-order valence-corrected chi connectivity index (χ3v) is 3.84. The van der Waals surface area contributed by atoms with Crippen molar-refractivity contribution in [3.05, 3.63) is 21.9 Å². The van der Waals surface area contributed by atoms with Crippen LogP contribution in [-0.2, 0) is 13.0 Å². The number of hydrogen-bond acceptors (Lipinski definition) is 4. The van der Waals surface area contributed by atoms with Gasteiger partial charge in [-0.25, -0.2) is 9.67 Å². The second kappa shape index (κ2) is 4.77. The standard InChI is InChI=1S/C13H18N4O2/c1-2-9-11-12(14-10(7-18)15-13(11)19)17(16-9)8-5-3-4-6-8/h8,18H,2-7H2,1H3,(H,14,15,19). The van der Waals surface area contributed by atoms with Crippen LogP contribution in [0.25, 0.3) is 11.0 Å². The van der Waals surface area contributed by atoms with Crippen LogP contribution in [0.1, 0.15) is 50.2 Å². The van der Waals surface area contributed by atoms with Gasteiger partial charge in [0.25, 0.3) is 5.56 Å². The lowest BCUT2D eigenvalue weighted by Gasteiger charge is -2.10. The lowest BCUT2D eigenvalue weighted by Crippen LogP contribution is -2.14. The molecular formula is C13H18N4O2. The number of fused-ring (bicyclic) bond motifs is 1. The lowest BCUT2D eigenvalue weighted by atomic mass is 10.2. The molecular weight excluding hydrogens is 244 g/mol. The summed E-state index contributed by atoms with van der Waals surface area (Å²) in [5.41, 5.74) is 1.21. The molecule has 0 bridgehead atoms. The van der Waals surface area contributed by atoms with Gasteiger partial charge in [-0.05, 0) is 19.3 Å². The zero-order valence-corrected chi connectivity index (χ0v) is 11.0. The summed E-state index contributed by atoms with van der Waals surface area (Å²) >= 11 is 0. The van der Waals surface area contributed by atoms with Crippen molar-refractivity contribution in [1.82, 2.24) is 19.7 Å². The minimum absolute atomic E-state index is 0.199. The second-order valence-corrected chi connectivity index (χ2v) is 5.05. The number of aliphatic hydroxyl groups is 1. The van der Waals surface area contributed by atoms with Crippen molar-refractivity contribution in [2.45, 2.75) is 51.7 Å². The average Bonchev–Trinajstić information content (AvgIpc) is 3.04. The summed E-state index contributed by atoms with van der Waals surface area (Å²) in [4.78, 5) is 19.1. The molecule has 0 radical (unpaired) electrons. The van der Waals surface area contributed by atoms with Crippen molar-refractivity contribution in [2.75, 3.05) is 0 Å². The van der Waals surface area contributed by atoms with Gasteiger partial charge in [0, 0.05) is 0 Å². The van der Waals surface area contributed by atoms with Crippen LogP contribution in [0.2, 0.25) is 0 Å². The molecule has 0 amide bonds. The first-order chi connectivity index (χ1) is 9.24. The van der Waals surface area contributed by atoms with Crippen molar-refractivity contribution in [2.24, 2.45) is 0 Å². The van der Waals surface area contributed by atoms with Crippen LogP contribution in [0.4, 0.5) is 0 Å². The molecule has 0 spiro atoms. The molecule has 19 heavy (non-hydrogen) atoms. The number of aromatic amines is 1. The highest BCUT2D eigenvalue weighted by Crippen LogP contribution is 2.31. The van der Waals surface area contributed by atoms with E-state index in [1.807, 2.05) is 11.6 Å².